The Kier molecular flexibility index (Phi) is 5.95. The van der Waals surface area contributed by atoms with E-state index in [-0.39, 0.29) is 12.7 Å². The van der Waals surface area contributed by atoms with Crippen molar-refractivity contribution in [1.82, 2.24) is 19.9 Å². The second-order valence-electron chi connectivity index (χ2n) is 9.58. The van der Waals surface area contributed by atoms with Crippen LogP contribution in [0.1, 0.15) is 41.9 Å². The van der Waals surface area contributed by atoms with Crippen LogP contribution in [-0.2, 0) is 0 Å². The fraction of sp³-hybridized carbons (Fsp3) is 0.440. The van der Waals surface area contributed by atoms with Gasteiger partial charge in [-0.25, -0.2) is 15.0 Å². The highest BCUT2D eigenvalue weighted by atomic mass is 35.5. The molecule has 188 valence electrons. The van der Waals surface area contributed by atoms with E-state index in [2.05, 4.69) is 16.0 Å². The van der Waals surface area contributed by atoms with Gasteiger partial charge in [0, 0.05) is 58.3 Å². The molecule has 6 rings (SSSR count). The minimum absolute atomic E-state index is 0.219. The van der Waals surface area contributed by atoms with Gasteiger partial charge in [0.05, 0.1) is 0 Å². The fourth-order valence-electron chi connectivity index (χ4n) is 4.90. The number of aromatic nitrogens is 4. The van der Waals surface area contributed by atoms with E-state index in [1.807, 2.05) is 50.1 Å². The van der Waals surface area contributed by atoms with Gasteiger partial charge in [0.15, 0.2) is 11.5 Å². The van der Waals surface area contributed by atoms with Gasteiger partial charge in [-0.05, 0) is 48.7 Å². The highest BCUT2D eigenvalue weighted by Gasteiger charge is 2.38. The number of benzene rings is 1. The Balaban J connectivity index is 1.62. The smallest absolute Gasteiger partial charge is 0.231 e. The molecule has 0 amide bonds. The van der Waals surface area contributed by atoms with Gasteiger partial charge in [-0.1, -0.05) is 17.7 Å². The molecule has 36 heavy (non-hydrogen) atoms. The molecule has 5 heterocycles. The molecule has 0 spiro atoms. The van der Waals surface area contributed by atoms with Crippen molar-refractivity contribution < 1.29 is 9.47 Å². The summed E-state index contributed by atoms with van der Waals surface area (Å²) < 4.78 is 11.3. The van der Waals surface area contributed by atoms with Gasteiger partial charge in [0.25, 0.3) is 0 Å². The molecule has 1 unspecified atom stereocenters. The van der Waals surface area contributed by atoms with Crippen molar-refractivity contribution in [3.8, 4) is 11.5 Å². The van der Waals surface area contributed by atoms with E-state index >= 15 is 0 Å². The number of anilines is 3. The monoisotopic (exact) mass is 525 g/mol. The van der Waals surface area contributed by atoms with Gasteiger partial charge < -0.3 is 24.2 Å². The van der Waals surface area contributed by atoms with Gasteiger partial charge in [0.1, 0.15) is 21.0 Å². The molecule has 1 saturated heterocycles. The van der Waals surface area contributed by atoms with Crippen LogP contribution in [-0.4, -0.2) is 68.0 Å². The normalized spacial score (nSPS) is 18.0. The van der Waals surface area contributed by atoms with Crippen LogP contribution < -0.4 is 24.2 Å². The number of nitrogens with zero attached hydrogens (tertiary/aromatic N) is 7. The minimum Gasteiger partial charge on any atom is -0.454 e. The van der Waals surface area contributed by atoms with E-state index in [0.29, 0.717) is 17.0 Å². The van der Waals surface area contributed by atoms with Crippen LogP contribution in [0.2, 0.25) is 5.15 Å². The summed E-state index contributed by atoms with van der Waals surface area (Å²) in [4.78, 5) is 25.8. The second kappa shape index (κ2) is 9.15. The molecule has 11 heteroatoms. The zero-order valence-corrected chi connectivity index (χ0v) is 22.4. The number of rotatable bonds is 4. The summed E-state index contributed by atoms with van der Waals surface area (Å²) in [6, 6.07) is 6.06. The highest BCUT2D eigenvalue weighted by molar-refractivity contribution is 7.99. The summed E-state index contributed by atoms with van der Waals surface area (Å²) in [5, 5.41) is 2.14. The minimum atomic E-state index is -0.248. The number of halogens is 1. The number of fused-ring (bicyclic) bond motifs is 3. The number of hydrogen-bond acceptors (Lipinski definition) is 10. The van der Waals surface area contributed by atoms with Crippen LogP contribution in [0.5, 0.6) is 11.5 Å². The molecular formula is C25H28ClN7O2S. The first kappa shape index (κ1) is 23.4. The third-order valence-electron chi connectivity index (χ3n) is 6.69. The average molecular weight is 526 g/mol. The number of hydrogen-bond donors (Lipinski definition) is 0. The second-order valence-corrected chi connectivity index (χ2v) is 10.9. The lowest BCUT2D eigenvalue weighted by atomic mass is 9.86. The molecule has 3 aromatic rings. The third kappa shape index (κ3) is 3.96. The third-order valence-corrected chi connectivity index (χ3v) is 7.98. The molecule has 0 bridgehead atoms. The maximum atomic E-state index is 6.93. The van der Waals surface area contributed by atoms with Crippen molar-refractivity contribution in [3.63, 3.8) is 0 Å². The van der Waals surface area contributed by atoms with Crippen LogP contribution in [0.3, 0.4) is 0 Å². The Hall–Kier alpha value is -2.98. The van der Waals surface area contributed by atoms with Gasteiger partial charge in [-0.15, -0.1) is 0 Å². The molecule has 0 aliphatic carbocycles. The Morgan fingerprint density at radius 2 is 1.53 bits per heavy atom. The number of ether oxygens (including phenoxy) is 2. The molecule has 3 aliphatic rings. The number of piperidine rings is 1. The summed E-state index contributed by atoms with van der Waals surface area (Å²) in [6.45, 7) is 2.15. The van der Waals surface area contributed by atoms with E-state index in [1.54, 1.807) is 0 Å². The first-order valence-electron chi connectivity index (χ1n) is 12.1. The Morgan fingerprint density at radius 3 is 2.25 bits per heavy atom. The van der Waals surface area contributed by atoms with Crippen molar-refractivity contribution in [3.05, 3.63) is 40.0 Å². The van der Waals surface area contributed by atoms with Crippen molar-refractivity contribution in [2.24, 2.45) is 0 Å². The summed E-state index contributed by atoms with van der Waals surface area (Å²) >= 11 is 8.47. The predicted octanol–water partition coefficient (Wildman–Crippen LogP) is 4.42. The molecule has 1 fully saturated rings. The Bertz CT molecular complexity index is 1330. The average Bonchev–Trinajstić information content (AvgIpc) is 3.35. The quantitative estimate of drug-likeness (QED) is 0.357. The van der Waals surface area contributed by atoms with Gasteiger partial charge in [0.2, 0.25) is 18.7 Å². The summed E-state index contributed by atoms with van der Waals surface area (Å²) in [6.07, 6.45) is 3.52. The van der Waals surface area contributed by atoms with Crippen molar-refractivity contribution in [1.29, 1.82) is 0 Å². The maximum Gasteiger partial charge on any atom is 0.231 e. The molecule has 1 atom stereocenters. The van der Waals surface area contributed by atoms with E-state index in [4.69, 9.17) is 36.0 Å². The van der Waals surface area contributed by atoms with Gasteiger partial charge >= 0.3 is 0 Å². The lowest BCUT2D eigenvalue weighted by Gasteiger charge is -2.35. The highest BCUT2D eigenvalue weighted by Crippen LogP contribution is 2.53. The molecule has 0 saturated carbocycles. The molecule has 3 aliphatic heterocycles. The van der Waals surface area contributed by atoms with Crippen LogP contribution >= 0.6 is 23.4 Å². The Morgan fingerprint density at radius 1 is 0.861 bits per heavy atom. The zero-order chi connectivity index (χ0) is 25.0. The van der Waals surface area contributed by atoms with E-state index in [1.165, 1.54) is 18.2 Å². The SMILES string of the molecule is CN(C)c1nc(Cl)c2c(n1)Sc1nc(N(C)C)nc(N3CCCCC3)c1C2c1ccc2c(c1)OCO2. The summed E-state index contributed by atoms with van der Waals surface area (Å²) in [7, 11) is 7.77. The zero-order valence-electron chi connectivity index (χ0n) is 20.8. The molecule has 1 aromatic carbocycles. The maximum absolute atomic E-state index is 6.93. The van der Waals surface area contributed by atoms with E-state index < -0.39 is 0 Å². The molecule has 0 radical (unpaired) electrons. The van der Waals surface area contributed by atoms with Crippen LogP contribution in [0.25, 0.3) is 0 Å². The van der Waals surface area contributed by atoms with Crippen molar-refractivity contribution in [2.75, 3.05) is 62.8 Å². The first-order chi connectivity index (χ1) is 17.4. The largest absolute Gasteiger partial charge is 0.454 e. The van der Waals surface area contributed by atoms with Crippen LogP contribution in [0, 0.1) is 0 Å². The van der Waals surface area contributed by atoms with Crippen molar-refractivity contribution >= 4 is 41.1 Å². The fourth-order valence-corrected chi connectivity index (χ4v) is 6.31. The lowest BCUT2D eigenvalue weighted by Crippen LogP contribution is -2.33. The molecular weight excluding hydrogens is 498 g/mol. The van der Waals surface area contributed by atoms with E-state index in [9.17, 15) is 0 Å². The molecule has 2 aromatic heterocycles. The van der Waals surface area contributed by atoms with Gasteiger partial charge in [-0.2, -0.15) is 4.98 Å². The first-order valence-corrected chi connectivity index (χ1v) is 13.3. The topological polar surface area (TPSA) is 79.7 Å². The predicted molar refractivity (Wildman–Crippen MR) is 141 cm³/mol. The molecule has 0 N–H and O–H groups in total. The van der Waals surface area contributed by atoms with Gasteiger partial charge in [-0.3, -0.25) is 0 Å². The summed E-state index contributed by atoms with van der Waals surface area (Å²) in [5.41, 5.74) is 2.93. The van der Waals surface area contributed by atoms with Crippen LogP contribution in [0.15, 0.2) is 28.3 Å². The summed E-state index contributed by atoms with van der Waals surface area (Å²) in [5.74, 6) is 3.42. The standard InChI is InChI=1S/C25H28ClN7O2S/c1-31(2)24-27-20(26)18-17(14-8-9-15-16(12-14)35-13-34-15)19-21(33-10-6-5-7-11-33)28-25(32(3)4)30-23(19)36-22(18)29-24/h8-9,12,17H,5-7,10-11,13H2,1-4H3. The molecule has 9 nitrogen and oxygen atoms in total. The lowest BCUT2D eigenvalue weighted by molar-refractivity contribution is 0.174. The van der Waals surface area contributed by atoms with Crippen LogP contribution in [0.4, 0.5) is 17.7 Å². The van der Waals surface area contributed by atoms with E-state index in [0.717, 1.165) is 70.0 Å². The van der Waals surface area contributed by atoms with Crippen molar-refractivity contribution in [2.45, 2.75) is 35.2 Å². The Labute approximate surface area is 219 Å².